The third kappa shape index (κ3) is 3.70. The molecule has 2 heterocycles. The van der Waals surface area contributed by atoms with Crippen LogP contribution in [-0.4, -0.2) is 22.3 Å². The van der Waals surface area contributed by atoms with E-state index in [9.17, 15) is 4.79 Å². The molecule has 0 N–H and O–H groups in total. The predicted octanol–water partition coefficient (Wildman–Crippen LogP) is 5.28. The monoisotopic (exact) mass is 358 g/mol. The van der Waals surface area contributed by atoms with E-state index in [-0.39, 0.29) is 5.91 Å². The minimum Gasteiger partial charge on any atom is -0.451 e. The fourth-order valence-corrected chi connectivity index (χ4v) is 3.33. The van der Waals surface area contributed by atoms with Crippen LogP contribution in [0, 0.1) is 5.92 Å². The molecule has 4 rings (SSSR count). The van der Waals surface area contributed by atoms with Crippen molar-refractivity contribution in [1.82, 2.24) is 9.88 Å². The van der Waals surface area contributed by atoms with Gasteiger partial charge >= 0.3 is 0 Å². The number of aromatic nitrogens is 1. The molecule has 1 amide bonds. The Hall–Kier alpha value is -3.14. The molecule has 27 heavy (non-hydrogen) atoms. The zero-order chi connectivity index (χ0) is 18.8. The highest BCUT2D eigenvalue weighted by Gasteiger charge is 2.21. The van der Waals surface area contributed by atoms with E-state index in [1.807, 2.05) is 65.7 Å². The maximum absolute atomic E-state index is 13.1. The van der Waals surface area contributed by atoms with Crippen LogP contribution in [0.3, 0.4) is 0 Å². The van der Waals surface area contributed by atoms with E-state index in [2.05, 4.69) is 24.9 Å². The highest BCUT2D eigenvalue weighted by molar-refractivity contribution is 5.96. The highest BCUT2D eigenvalue weighted by atomic mass is 16.3. The van der Waals surface area contributed by atoms with Gasteiger partial charge in [-0.2, -0.15) is 0 Å². The van der Waals surface area contributed by atoms with Crippen molar-refractivity contribution in [2.45, 2.75) is 20.4 Å². The Balaban J connectivity index is 1.64. The number of furan rings is 1. The first-order chi connectivity index (χ1) is 13.1. The summed E-state index contributed by atoms with van der Waals surface area (Å²) in [5.74, 6) is 0.644. The summed E-state index contributed by atoms with van der Waals surface area (Å²) in [6.07, 6.45) is 1.85. The Morgan fingerprint density at radius 1 is 1.04 bits per heavy atom. The quantitative estimate of drug-likeness (QED) is 0.488. The molecule has 136 valence electrons. The van der Waals surface area contributed by atoms with Crippen molar-refractivity contribution in [1.29, 1.82) is 0 Å². The van der Waals surface area contributed by atoms with Gasteiger partial charge in [-0.1, -0.05) is 50.2 Å². The molecule has 0 radical (unpaired) electrons. The topological polar surface area (TPSA) is 46.3 Å². The van der Waals surface area contributed by atoms with Crippen LogP contribution in [0.1, 0.15) is 30.0 Å². The van der Waals surface area contributed by atoms with Gasteiger partial charge in [0, 0.05) is 30.1 Å². The molecule has 4 nitrogen and oxygen atoms in total. The molecule has 0 fully saturated rings. The van der Waals surface area contributed by atoms with E-state index in [0.29, 0.717) is 24.8 Å². The van der Waals surface area contributed by atoms with Crippen molar-refractivity contribution < 1.29 is 9.21 Å². The number of rotatable bonds is 5. The number of hydrogen-bond donors (Lipinski definition) is 0. The lowest BCUT2D eigenvalue weighted by Crippen LogP contribution is -2.33. The molecule has 0 atom stereocenters. The molecule has 0 spiro atoms. The standard InChI is InChI=1S/C23H22N2O2/c1-16(2)14-25(15-17-11-18-7-3-5-9-20(18)24-13-17)23(26)22-12-19-8-4-6-10-21(19)27-22/h3-13,16H,14-15H2,1-2H3. The van der Waals surface area contributed by atoms with Gasteiger partial charge in [-0.25, -0.2) is 0 Å². The van der Waals surface area contributed by atoms with Crippen LogP contribution in [0.4, 0.5) is 0 Å². The number of fused-ring (bicyclic) bond motifs is 2. The summed E-state index contributed by atoms with van der Waals surface area (Å²) in [4.78, 5) is 19.5. The van der Waals surface area contributed by atoms with Crippen molar-refractivity contribution in [3.05, 3.63) is 78.2 Å². The lowest BCUT2D eigenvalue weighted by Gasteiger charge is -2.23. The Bertz CT molecular complexity index is 1060. The molecule has 0 aliphatic carbocycles. The Labute approximate surface area is 158 Å². The van der Waals surface area contributed by atoms with Gasteiger partial charge in [0.1, 0.15) is 5.58 Å². The van der Waals surface area contributed by atoms with Crippen molar-refractivity contribution in [3.8, 4) is 0 Å². The lowest BCUT2D eigenvalue weighted by molar-refractivity contribution is 0.0692. The van der Waals surface area contributed by atoms with Crippen molar-refractivity contribution in [3.63, 3.8) is 0 Å². The number of carbonyl (C=O) groups is 1. The average Bonchev–Trinajstić information content (AvgIpc) is 3.10. The molecular weight excluding hydrogens is 336 g/mol. The number of amides is 1. The van der Waals surface area contributed by atoms with Gasteiger partial charge in [-0.3, -0.25) is 9.78 Å². The van der Waals surface area contributed by atoms with E-state index in [1.54, 1.807) is 0 Å². The normalized spacial score (nSPS) is 11.4. The first kappa shape index (κ1) is 17.3. The van der Waals surface area contributed by atoms with E-state index < -0.39 is 0 Å². The number of nitrogens with zero attached hydrogens (tertiary/aromatic N) is 2. The second-order valence-corrected chi connectivity index (χ2v) is 7.26. The highest BCUT2D eigenvalue weighted by Crippen LogP contribution is 2.22. The number of carbonyl (C=O) groups excluding carboxylic acids is 1. The van der Waals surface area contributed by atoms with Gasteiger partial charge in [0.15, 0.2) is 5.76 Å². The smallest absolute Gasteiger partial charge is 0.289 e. The SMILES string of the molecule is CC(C)CN(Cc1cnc2ccccc2c1)C(=O)c1cc2ccccc2o1. The maximum Gasteiger partial charge on any atom is 0.289 e. The van der Waals surface area contributed by atoms with Crippen LogP contribution in [0.2, 0.25) is 0 Å². The van der Waals surface area contributed by atoms with E-state index in [0.717, 1.165) is 27.4 Å². The molecule has 0 saturated carbocycles. The summed E-state index contributed by atoms with van der Waals surface area (Å²) in [6, 6.07) is 19.6. The van der Waals surface area contributed by atoms with Gasteiger partial charge < -0.3 is 9.32 Å². The van der Waals surface area contributed by atoms with Gasteiger partial charge in [0.2, 0.25) is 0 Å². The van der Waals surface area contributed by atoms with Crippen LogP contribution < -0.4 is 0 Å². The fraction of sp³-hybridized carbons (Fsp3) is 0.217. The van der Waals surface area contributed by atoms with Gasteiger partial charge in [-0.05, 0) is 35.7 Å². The third-order valence-electron chi connectivity index (χ3n) is 4.53. The zero-order valence-electron chi connectivity index (χ0n) is 15.6. The number of pyridine rings is 1. The summed E-state index contributed by atoms with van der Waals surface area (Å²) in [7, 11) is 0. The summed E-state index contributed by atoms with van der Waals surface area (Å²) in [5.41, 5.74) is 2.71. The number of para-hydroxylation sites is 2. The third-order valence-corrected chi connectivity index (χ3v) is 4.53. The van der Waals surface area contributed by atoms with Crippen LogP contribution in [0.15, 0.2) is 71.3 Å². The second-order valence-electron chi connectivity index (χ2n) is 7.26. The minimum absolute atomic E-state index is 0.0898. The van der Waals surface area contributed by atoms with Gasteiger partial charge in [0.25, 0.3) is 5.91 Å². The Kier molecular flexibility index (Phi) is 4.63. The summed E-state index contributed by atoms with van der Waals surface area (Å²) in [5, 5.41) is 2.02. The average molecular weight is 358 g/mol. The van der Waals surface area contributed by atoms with Crippen LogP contribution in [0.25, 0.3) is 21.9 Å². The van der Waals surface area contributed by atoms with Crippen molar-refractivity contribution in [2.75, 3.05) is 6.54 Å². The predicted molar refractivity (Wildman–Crippen MR) is 108 cm³/mol. The first-order valence-electron chi connectivity index (χ1n) is 9.21. The number of hydrogen-bond acceptors (Lipinski definition) is 3. The lowest BCUT2D eigenvalue weighted by atomic mass is 10.1. The molecule has 2 aromatic carbocycles. The molecule has 4 aromatic rings. The van der Waals surface area contributed by atoms with Crippen molar-refractivity contribution >= 4 is 27.8 Å². The van der Waals surface area contributed by atoms with Gasteiger partial charge in [-0.15, -0.1) is 0 Å². The molecule has 4 heteroatoms. The first-order valence-corrected chi connectivity index (χ1v) is 9.21. The molecule has 2 aromatic heterocycles. The molecule has 0 unspecified atom stereocenters. The van der Waals surface area contributed by atoms with Gasteiger partial charge in [0.05, 0.1) is 5.52 Å². The molecule has 0 saturated heterocycles. The maximum atomic E-state index is 13.1. The Morgan fingerprint density at radius 2 is 1.78 bits per heavy atom. The fourth-order valence-electron chi connectivity index (χ4n) is 3.33. The molecular formula is C23H22N2O2. The zero-order valence-corrected chi connectivity index (χ0v) is 15.6. The summed E-state index contributed by atoms with van der Waals surface area (Å²) in [6.45, 7) is 5.38. The van der Waals surface area contributed by atoms with E-state index in [1.165, 1.54) is 0 Å². The molecule has 0 bridgehead atoms. The summed E-state index contributed by atoms with van der Waals surface area (Å²) < 4.78 is 5.79. The van der Waals surface area contributed by atoms with Crippen molar-refractivity contribution in [2.24, 2.45) is 5.92 Å². The van der Waals surface area contributed by atoms with E-state index in [4.69, 9.17) is 4.42 Å². The minimum atomic E-state index is -0.0898. The molecule has 0 aliphatic heterocycles. The van der Waals surface area contributed by atoms with Crippen LogP contribution in [0.5, 0.6) is 0 Å². The van der Waals surface area contributed by atoms with E-state index >= 15 is 0 Å². The largest absolute Gasteiger partial charge is 0.451 e. The van der Waals surface area contributed by atoms with Crippen LogP contribution in [-0.2, 0) is 6.54 Å². The second kappa shape index (κ2) is 7.23. The summed E-state index contributed by atoms with van der Waals surface area (Å²) >= 11 is 0. The number of benzene rings is 2. The Morgan fingerprint density at radius 3 is 2.56 bits per heavy atom. The molecule has 0 aliphatic rings. The van der Waals surface area contributed by atoms with Crippen LogP contribution >= 0.6 is 0 Å².